The molecule has 5 nitrogen and oxygen atoms in total. The zero-order valence-corrected chi connectivity index (χ0v) is 19.7. The van der Waals surface area contributed by atoms with Crippen LogP contribution >= 0.6 is 24.0 Å². The molecule has 3 rings (SSSR count). The number of nitrogens with zero attached hydrogens (tertiary/aromatic N) is 2. The summed E-state index contributed by atoms with van der Waals surface area (Å²) in [6, 6.07) is 15.9. The van der Waals surface area contributed by atoms with E-state index in [1.165, 1.54) is 12.1 Å². The van der Waals surface area contributed by atoms with Crippen molar-refractivity contribution in [3.05, 3.63) is 66.0 Å². The third-order valence-electron chi connectivity index (χ3n) is 4.59. The minimum absolute atomic E-state index is 0. The number of rotatable bonds is 5. The molecule has 2 aromatic rings. The molecule has 1 fully saturated rings. The fraction of sp³-hybridized carbons (Fsp3) is 0.381. The number of hydrogen-bond acceptors (Lipinski definition) is 3. The van der Waals surface area contributed by atoms with Crippen LogP contribution in [0.25, 0.3) is 0 Å². The molecule has 8 heteroatoms. The Balaban J connectivity index is 0.00000300. The molecule has 1 aliphatic rings. The van der Waals surface area contributed by atoms with Crippen LogP contribution in [0.2, 0.25) is 0 Å². The number of nitrogens with one attached hydrogen (secondary N) is 1. The van der Waals surface area contributed by atoms with Gasteiger partial charge in [0.05, 0.1) is 23.4 Å². The van der Waals surface area contributed by atoms with Crippen LogP contribution in [0.15, 0.2) is 64.5 Å². The molecule has 1 heterocycles. The quantitative estimate of drug-likeness (QED) is 0.364. The number of hydrogen-bond donors (Lipinski definition) is 1. The van der Waals surface area contributed by atoms with Gasteiger partial charge in [-0.25, -0.2) is 4.39 Å². The van der Waals surface area contributed by atoms with E-state index in [0.29, 0.717) is 25.4 Å². The third kappa shape index (κ3) is 6.75. The molecular weight excluding hydrogens is 504 g/mol. The van der Waals surface area contributed by atoms with Crippen molar-refractivity contribution >= 4 is 40.7 Å². The summed E-state index contributed by atoms with van der Waals surface area (Å²) in [5.41, 5.74) is 0.943. The highest BCUT2D eigenvalue weighted by Gasteiger charge is 2.28. The van der Waals surface area contributed by atoms with E-state index in [4.69, 9.17) is 4.74 Å². The Morgan fingerprint density at radius 3 is 2.55 bits per heavy atom. The Labute approximate surface area is 191 Å². The van der Waals surface area contributed by atoms with Gasteiger partial charge < -0.3 is 15.0 Å². The zero-order chi connectivity index (χ0) is 19.9. The lowest BCUT2D eigenvalue weighted by Crippen LogP contribution is -2.51. The van der Waals surface area contributed by atoms with E-state index in [9.17, 15) is 8.60 Å². The predicted molar refractivity (Wildman–Crippen MR) is 126 cm³/mol. The molecule has 1 saturated heterocycles. The zero-order valence-electron chi connectivity index (χ0n) is 16.6. The van der Waals surface area contributed by atoms with E-state index < -0.39 is 10.8 Å². The molecule has 0 radical (unpaired) electrons. The first-order valence-electron chi connectivity index (χ1n) is 9.36. The van der Waals surface area contributed by atoms with Crippen LogP contribution in [0.5, 0.6) is 0 Å². The lowest BCUT2D eigenvalue weighted by atomic mass is 10.1. The Kier molecular flexibility index (Phi) is 9.51. The van der Waals surface area contributed by atoms with Gasteiger partial charge in [-0.3, -0.25) is 9.20 Å². The fourth-order valence-corrected chi connectivity index (χ4v) is 4.25. The van der Waals surface area contributed by atoms with E-state index >= 15 is 0 Å². The molecule has 158 valence electrons. The number of aliphatic imine (C=N–C) groups is 1. The van der Waals surface area contributed by atoms with Crippen LogP contribution in [0, 0.1) is 5.82 Å². The summed E-state index contributed by atoms with van der Waals surface area (Å²) in [5.74, 6) is 1.00. The lowest BCUT2D eigenvalue weighted by Gasteiger charge is -2.38. The van der Waals surface area contributed by atoms with Crippen LogP contribution in [0.1, 0.15) is 18.6 Å². The summed E-state index contributed by atoms with van der Waals surface area (Å²) in [7, 11) is 0.691. The van der Waals surface area contributed by atoms with Crippen molar-refractivity contribution in [3.8, 4) is 0 Å². The van der Waals surface area contributed by atoms with Gasteiger partial charge >= 0.3 is 0 Å². The molecule has 3 atom stereocenters. The molecule has 3 unspecified atom stereocenters. The van der Waals surface area contributed by atoms with Crippen LogP contribution in [0.3, 0.4) is 0 Å². The van der Waals surface area contributed by atoms with Crippen molar-refractivity contribution in [2.45, 2.75) is 24.0 Å². The van der Waals surface area contributed by atoms with E-state index in [2.05, 4.69) is 15.2 Å². The smallest absolute Gasteiger partial charge is 0.193 e. The molecule has 29 heavy (non-hydrogen) atoms. The van der Waals surface area contributed by atoms with Gasteiger partial charge in [0.25, 0.3) is 0 Å². The van der Waals surface area contributed by atoms with Crippen LogP contribution < -0.4 is 5.32 Å². The second-order valence-corrected chi connectivity index (χ2v) is 8.30. The largest absolute Gasteiger partial charge is 0.367 e. The Bertz CT molecular complexity index is 820. The third-order valence-corrected chi connectivity index (χ3v) is 5.96. The Hall–Kier alpha value is -1.52. The topological polar surface area (TPSA) is 53.9 Å². The minimum Gasteiger partial charge on any atom is -0.367 e. The van der Waals surface area contributed by atoms with Gasteiger partial charge in [0.15, 0.2) is 5.96 Å². The highest BCUT2D eigenvalue weighted by Crippen LogP contribution is 2.25. The standard InChI is InChI=1S/C21H26FN3O2S.HI/c1-16-14-25(15-20(27-16)17-8-10-18(22)11-9-17)21(23-2)24-12-13-28(26)19-6-4-3-5-7-19;/h3-11,16,20H,12-15H2,1-2H3,(H,23,24);1H. The molecule has 0 aliphatic carbocycles. The molecule has 0 saturated carbocycles. The SMILES string of the molecule is CN=C(NCCS(=O)c1ccccc1)N1CC(C)OC(c2ccc(F)cc2)C1.I. The van der Waals surface area contributed by atoms with Crippen LogP contribution in [0.4, 0.5) is 4.39 Å². The average Bonchev–Trinajstić information content (AvgIpc) is 2.71. The number of benzene rings is 2. The van der Waals surface area contributed by atoms with Crippen LogP contribution in [-0.2, 0) is 15.5 Å². The van der Waals surface area contributed by atoms with E-state index in [0.717, 1.165) is 16.4 Å². The molecule has 2 aromatic carbocycles. The second-order valence-electron chi connectivity index (χ2n) is 6.73. The van der Waals surface area contributed by atoms with Gasteiger partial charge in [0, 0.05) is 30.8 Å². The normalized spacial score (nSPS) is 20.7. The van der Waals surface area contributed by atoms with E-state index in [-0.39, 0.29) is 42.0 Å². The summed E-state index contributed by atoms with van der Waals surface area (Å²) < 4.78 is 31.6. The molecular formula is C21H27FIN3O2S. The summed E-state index contributed by atoms with van der Waals surface area (Å²) >= 11 is 0. The van der Waals surface area contributed by atoms with Gasteiger partial charge in [-0.1, -0.05) is 30.3 Å². The minimum atomic E-state index is -1.05. The number of guanidine groups is 1. The highest BCUT2D eigenvalue weighted by atomic mass is 127. The molecule has 0 amide bonds. The van der Waals surface area contributed by atoms with Crippen molar-refractivity contribution in [2.24, 2.45) is 4.99 Å². The highest BCUT2D eigenvalue weighted by molar-refractivity contribution is 14.0. The number of halogens is 2. The lowest BCUT2D eigenvalue weighted by molar-refractivity contribution is -0.0604. The maximum absolute atomic E-state index is 13.2. The van der Waals surface area contributed by atoms with Gasteiger partial charge in [-0.2, -0.15) is 0 Å². The van der Waals surface area contributed by atoms with Gasteiger partial charge in [-0.05, 0) is 36.8 Å². The summed E-state index contributed by atoms with van der Waals surface area (Å²) in [6.45, 7) is 3.90. The first kappa shape index (κ1) is 23.8. The Morgan fingerprint density at radius 1 is 1.21 bits per heavy atom. The monoisotopic (exact) mass is 531 g/mol. The van der Waals surface area contributed by atoms with Gasteiger partial charge in [0.1, 0.15) is 11.9 Å². The Morgan fingerprint density at radius 2 is 1.90 bits per heavy atom. The number of ether oxygens (including phenoxy) is 1. The van der Waals surface area contributed by atoms with Crippen molar-refractivity contribution < 1.29 is 13.3 Å². The van der Waals surface area contributed by atoms with Crippen molar-refractivity contribution in [3.63, 3.8) is 0 Å². The molecule has 0 bridgehead atoms. The van der Waals surface area contributed by atoms with Crippen molar-refractivity contribution in [1.29, 1.82) is 0 Å². The fourth-order valence-electron chi connectivity index (χ4n) is 3.26. The van der Waals surface area contributed by atoms with Gasteiger partial charge in [-0.15, -0.1) is 24.0 Å². The average molecular weight is 531 g/mol. The molecule has 1 aliphatic heterocycles. The first-order valence-corrected chi connectivity index (χ1v) is 10.7. The van der Waals surface area contributed by atoms with Gasteiger partial charge in [0.2, 0.25) is 0 Å². The summed E-state index contributed by atoms with van der Waals surface area (Å²) in [4.78, 5) is 7.34. The maximum atomic E-state index is 13.2. The number of morpholine rings is 1. The van der Waals surface area contributed by atoms with E-state index in [1.807, 2.05) is 37.3 Å². The molecule has 1 N–H and O–H groups in total. The van der Waals surface area contributed by atoms with E-state index in [1.54, 1.807) is 19.2 Å². The maximum Gasteiger partial charge on any atom is 0.193 e. The van der Waals surface area contributed by atoms with Crippen molar-refractivity contribution in [1.82, 2.24) is 10.2 Å². The predicted octanol–water partition coefficient (Wildman–Crippen LogP) is 3.59. The van der Waals surface area contributed by atoms with Crippen molar-refractivity contribution in [2.75, 3.05) is 32.4 Å². The second kappa shape index (κ2) is 11.6. The summed E-state index contributed by atoms with van der Waals surface area (Å²) in [5, 5.41) is 3.31. The molecule has 0 spiro atoms. The van der Waals surface area contributed by atoms with Crippen LogP contribution in [-0.4, -0.2) is 53.6 Å². The molecule has 0 aromatic heterocycles. The first-order chi connectivity index (χ1) is 13.6. The summed E-state index contributed by atoms with van der Waals surface area (Å²) in [6.07, 6.45) is -0.137.